The minimum Gasteiger partial charge on any atom is -0.862 e. The van der Waals surface area contributed by atoms with Crippen LogP contribution in [0.3, 0.4) is 0 Å². The Bertz CT molecular complexity index is 1040. The van der Waals surface area contributed by atoms with E-state index < -0.39 is 0 Å². The molecule has 3 aliphatic rings. The summed E-state index contributed by atoms with van der Waals surface area (Å²) in [5, 5.41) is 14.3. The van der Waals surface area contributed by atoms with Gasteiger partial charge in [-0.2, -0.15) is 0 Å². The Labute approximate surface area is 211 Å². The number of hydrogen-bond acceptors (Lipinski definition) is 6. The summed E-state index contributed by atoms with van der Waals surface area (Å²) in [6, 6.07) is 11.6. The maximum absolute atomic E-state index is 13.2. The van der Waals surface area contributed by atoms with Gasteiger partial charge in [0.1, 0.15) is 13.2 Å². The van der Waals surface area contributed by atoms with E-state index in [0.29, 0.717) is 36.2 Å². The monoisotopic (exact) mass is 502 g/mol. The summed E-state index contributed by atoms with van der Waals surface area (Å²) in [6.45, 7) is 5.57. The third-order valence-corrected chi connectivity index (χ3v) is 7.60. The molecule has 2 aromatic rings. The van der Waals surface area contributed by atoms with Crippen LogP contribution < -0.4 is 19.5 Å². The number of aliphatic imine (C=N–C) groups is 1. The van der Waals surface area contributed by atoms with Crippen molar-refractivity contribution < 1.29 is 14.6 Å². The second kappa shape index (κ2) is 10.6. The van der Waals surface area contributed by atoms with Gasteiger partial charge in [0.2, 0.25) is 0 Å². The lowest BCUT2D eigenvalue weighted by atomic mass is 10.0. The van der Waals surface area contributed by atoms with Gasteiger partial charge in [-0.15, -0.1) is 0 Å². The van der Waals surface area contributed by atoms with Crippen LogP contribution in [-0.4, -0.2) is 62.8 Å². The van der Waals surface area contributed by atoms with Crippen molar-refractivity contribution in [3.63, 3.8) is 0 Å². The zero-order chi connectivity index (χ0) is 23.5. The van der Waals surface area contributed by atoms with Crippen LogP contribution in [0.2, 0.25) is 10.0 Å². The molecule has 8 heteroatoms. The highest BCUT2D eigenvalue weighted by atomic mass is 35.5. The molecule has 0 aliphatic carbocycles. The number of anilines is 1. The molecule has 0 saturated carbocycles. The van der Waals surface area contributed by atoms with Gasteiger partial charge in [-0.3, -0.25) is 0 Å². The molecule has 1 unspecified atom stereocenters. The molecule has 0 radical (unpaired) electrons. The van der Waals surface area contributed by atoms with Crippen molar-refractivity contribution >= 4 is 34.8 Å². The number of ether oxygens (including phenoxy) is 2. The van der Waals surface area contributed by atoms with E-state index in [1.165, 1.54) is 12.8 Å². The summed E-state index contributed by atoms with van der Waals surface area (Å²) in [5.74, 6) is 1.47. The Morgan fingerprint density at radius 2 is 1.79 bits per heavy atom. The molecule has 0 aromatic heterocycles. The summed E-state index contributed by atoms with van der Waals surface area (Å²) in [7, 11) is 0. The highest BCUT2D eigenvalue weighted by molar-refractivity contribution is 6.42. The predicted molar refractivity (Wildman–Crippen MR) is 135 cm³/mol. The first-order valence-electron chi connectivity index (χ1n) is 12.1. The van der Waals surface area contributed by atoms with E-state index in [-0.39, 0.29) is 17.9 Å². The van der Waals surface area contributed by atoms with Crippen molar-refractivity contribution in [2.45, 2.75) is 31.7 Å². The van der Waals surface area contributed by atoms with Crippen molar-refractivity contribution in [3.05, 3.63) is 52.0 Å². The molecular weight excluding hydrogens is 473 g/mol. The zero-order valence-corrected chi connectivity index (χ0v) is 20.7. The number of rotatable bonds is 7. The summed E-state index contributed by atoms with van der Waals surface area (Å²) >= 11 is 12.3. The van der Waals surface area contributed by atoms with Crippen molar-refractivity contribution in [2.24, 2.45) is 10.9 Å². The summed E-state index contributed by atoms with van der Waals surface area (Å²) in [4.78, 5) is 9.38. The Kier molecular flexibility index (Phi) is 7.37. The third kappa shape index (κ3) is 5.56. The lowest BCUT2D eigenvalue weighted by Crippen LogP contribution is -2.36. The molecule has 3 heterocycles. The van der Waals surface area contributed by atoms with Gasteiger partial charge in [0.15, 0.2) is 11.5 Å². The number of halogens is 2. The van der Waals surface area contributed by atoms with Crippen LogP contribution in [0.25, 0.3) is 0 Å². The number of likely N-dealkylation sites (tertiary alicyclic amines) is 1. The van der Waals surface area contributed by atoms with E-state index in [2.05, 4.69) is 15.9 Å². The van der Waals surface area contributed by atoms with Crippen molar-refractivity contribution in [1.29, 1.82) is 0 Å². The van der Waals surface area contributed by atoms with Gasteiger partial charge in [0, 0.05) is 31.2 Å². The summed E-state index contributed by atoms with van der Waals surface area (Å²) in [5.41, 5.74) is 2.11. The smallest absolute Gasteiger partial charge is 0.161 e. The molecule has 2 aromatic carbocycles. The summed E-state index contributed by atoms with van der Waals surface area (Å²) < 4.78 is 11.4. The average molecular weight is 503 g/mol. The maximum atomic E-state index is 13.2. The van der Waals surface area contributed by atoms with Gasteiger partial charge >= 0.3 is 0 Å². The van der Waals surface area contributed by atoms with E-state index in [4.69, 9.17) is 37.7 Å². The van der Waals surface area contributed by atoms with Crippen LogP contribution in [0.1, 0.15) is 24.8 Å². The molecule has 182 valence electrons. The van der Waals surface area contributed by atoms with Gasteiger partial charge in [-0.1, -0.05) is 29.3 Å². The third-order valence-electron chi connectivity index (χ3n) is 6.86. The largest absolute Gasteiger partial charge is 0.862 e. The fraction of sp³-hybridized carbons (Fsp3) is 0.500. The first-order valence-corrected chi connectivity index (χ1v) is 12.9. The zero-order valence-electron chi connectivity index (χ0n) is 19.2. The van der Waals surface area contributed by atoms with Crippen LogP contribution in [0.15, 0.2) is 41.4 Å². The molecule has 34 heavy (non-hydrogen) atoms. The number of fused-ring (bicyclic) bond motifs is 1. The maximum Gasteiger partial charge on any atom is 0.161 e. The van der Waals surface area contributed by atoms with E-state index in [0.717, 1.165) is 55.3 Å². The SMILES string of the molecule is [O-]C(=NC(Cc1ccc2c(c1)OCCO2)CN1CCCC1)[C@H]1CCN(c2ccc(Cl)c(Cl)c2)C1. The lowest BCUT2D eigenvalue weighted by molar-refractivity contribution is -0.223. The lowest BCUT2D eigenvalue weighted by Gasteiger charge is -2.26. The van der Waals surface area contributed by atoms with Gasteiger partial charge < -0.3 is 29.4 Å². The van der Waals surface area contributed by atoms with E-state index in [1.807, 2.05) is 24.3 Å². The molecule has 0 amide bonds. The topological polar surface area (TPSA) is 60.4 Å². The minimum absolute atomic E-state index is 0.00398. The molecule has 5 rings (SSSR count). The van der Waals surface area contributed by atoms with Crippen molar-refractivity contribution in [1.82, 2.24) is 4.90 Å². The van der Waals surface area contributed by atoms with E-state index in [1.54, 1.807) is 6.07 Å². The Balaban J connectivity index is 1.29. The molecule has 2 saturated heterocycles. The normalized spacial score (nSPS) is 21.8. The molecule has 2 atom stereocenters. The average Bonchev–Trinajstić information content (AvgIpc) is 3.53. The molecule has 0 N–H and O–H groups in total. The molecule has 2 fully saturated rings. The first-order chi connectivity index (χ1) is 16.5. The van der Waals surface area contributed by atoms with Crippen LogP contribution in [-0.2, 0) is 6.42 Å². The molecule has 3 aliphatic heterocycles. The van der Waals surface area contributed by atoms with Crippen molar-refractivity contribution in [2.75, 3.05) is 50.8 Å². The van der Waals surface area contributed by atoms with Gasteiger partial charge in [0.25, 0.3) is 0 Å². The van der Waals surface area contributed by atoms with E-state index >= 15 is 0 Å². The standard InChI is InChI=1S/C26H31Cl2N3O3/c27-22-5-4-21(15-23(22)28)31-10-7-19(16-31)26(32)29-20(17-30-8-1-2-9-30)13-18-3-6-24-25(14-18)34-12-11-33-24/h3-6,14-15,19-20H,1-2,7-13,16-17H2,(H,29,32)/p-1/t19-,20?/m0/s1. The molecular formula is C26H30Cl2N3O3-. The Morgan fingerprint density at radius 1 is 1.00 bits per heavy atom. The number of benzene rings is 2. The number of nitrogens with zero attached hydrogens (tertiary/aromatic N) is 3. The predicted octanol–water partition coefficient (Wildman–Crippen LogP) is 4.06. The van der Waals surface area contributed by atoms with Gasteiger partial charge in [-0.05, 0) is 80.6 Å². The van der Waals surface area contributed by atoms with Gasteiger partial charge in [-0.25, -0.2) is 0 Å². The Hall–Kier alpha value is -2.15. The minimum atomic E-state index is -0.101. The van der Waals surface area contributed by atoms with Crippen LogP contribution in [0.5, 0.6) is 11.5 Å². The summed E-state index contributed by atoms with van der Waals surface area (Å²) in [6.07, 6.45) is 3.93. The molecule has 6 nitrogen and oxygen atoms in total. The van der Waals surface area contributed by atoms with Crippen molar-refractivity contribution in [3.8, 4) is 11.5 Å². The van der Waals surface area contributed by atoms with E-state index in [9.17, 15) is 5.11 Å². The fourth-order valence-corrected chi connectivity index (χ4v) is 5.36. The van der Waals surface area contributed by atoms with Crippen LogP contribution in [0.4, 0.5) is 5.69 Å². The first kappa shape index (κ1) is 23.6. The van der Waals surface area contributed by atoms with Crippen LogP contribution in [0, 0.1) is 5.92 Å². The second-order valence-corrected chi connectivity index (χ2v) is 10.2. The molecule has 0 spiro atoms. The second-order valence-electron chi connectivity index (χ2n) is 9.34. The van der Waals surface area contributed by atoms with Crippen LogP contribution >= 0.6 is 23.2 Å². The highest BCUT2D eigenvalue weighted by Crippen LogP contribution is 2.32. The van der Waals surface area contributed by atoms with Gasteiger partial charge in [0.05, 0.1) is 16.1 Å². The number of hydrogen-bond donors (Lipinski definition) is 0. The highest BCUT2D eigenvalue weighted by Gasteiger charge is 2.25. The fourth-order valence-electron chi connectivity index (χ4n) is 5.06. The molecule has 0 bridgehead atoms. The Morgan fingerprint density at radius 3 is 2.59 bits per heavy atom. The quantitative estimate of drug-likeness (QED) is 0.422.